The van der Waals surface area contributed by atoms with Crippen molar-refractivity contribution < 1.29 is 0 Å². The Morgan fingerprint density at radius 2 is 2.06 bits per heavy atom. The average Bonchev–Trinajstić information content (AvgIpc) is 2.76. The molecule has 0 saturated carbocycles. The molecular weight excluding hydrogens is 202 g/mol. The number of nitrogens with zero attached hydrogens (tertiary/aromatic N) is 5. The average molecular weight is 209 g/mol. The third kappa shape index (κ3) is 1.62. The molecule has 0 saturated heterocycles. The van der Waals surface area contributed by atoms with E-state index in [2.05, 4.69) is 16.0 Å². The Kier molecular flexibility index (Phi) is 2.37. The molecule has 2 rings (SSSR count). The molecule has 0 aliphatic carbocycles. The van der Waals surface area contributed by atoms with Gasteiger partial charge in [0, 0.05) is 18.1 Å². The van der Waals surface area contributed by atoms with Crippen LogP contribution in [0.25, 0.3) is 5.82 Å². The Balaban J connectivity index is 2.62. The fraction of sp³-hybridized carbons (Fsp3) is 0.0909. The van der Waals surface area contributed by atoms with Crippen LogP contribution in [0.5, 0.6) is 0 Å². The molecule has 16 heavy (non-hydrogen) atoms. The Labute approximate surface area is 92.2 Å². The number of aryl methyl sites for hydroxylation is 1. The summed E-state index contributed by atoms with van der Waals surface area (Å²) < 4.78 is 1.55. The van der Waals surface area contributed by atoms with Gasteiger partial charge in [-0.2, -0.15) is 10.5 Å². The van der Waals surface area contributed by atoms with Gasteiger partial charge < -0.3 is 0 Å². The molecule has 0 atom stereocenters. The lowest BCUT2D eigenvalue weighted by atomic mass is 10.2. The van der Waals surface area contributed by atoms with E-state index in [0.29, 0.717) is 11.4 Å². The minimum Gasteiger partial charge on any atom is -0.275 e. The van der Waals surface area contributed by atoms with E-state index in [-0.39, 0.29) is 5.82 Å². The SMILES string of the molecule is Cc1cc(C#N)cc(-n2ccnc2C#N)n1. The zero-order chi connectivity index (χ0) is 11.5. The maximum atomic E-state index is 8.84. The van der Waals surface area contributed by atoms with Crippen LogP contribution in [0.1, 0.15) is 17.1 Å². The van der Waals surface area contributed by atoms with Gasteiger partial charge in [0.15, 0.2) is 0 Å². The van der Waals surface area contributed by atoms with E-state index in [9.17, 15) is 0 Å². The molecule has 0 amide bonds. The standard InChI is InChI=1S/C11H7N5/c1-8-4-9(6-12)5-10(15-8)16-3-2-14-11(16)7-13/h2-5H,1H3. The first-order valence-corrected chi connectivity index (χ1v) is 4.57. The van der Waals surface area contributed by atoms with Gasteiger partial charge in [-0.25, -0.2) is 9.97 Å². The first kappa shape index (κ1) is 9.88. The van der Waals surface area contributed by atoms with Crippen molar-refractivity contribution in [3.63, 3.8) is 0 Å². The van der Waals surface area contributed by atoms with Crippen LogP contribution in [-0.4, -0.2) is 14.5 Å². The van der Waals surface area contributed by atoms with E-state index in [1.807, 2.05) is 6.07 Å². The number of nitriles is 2. The Hall–Kier alpha value is -2.66. The number of pyridine rings is 1. The van der Waals surface area contributed by atoms with Crippen LogP contribution >= 0.6 is 0 Å². The number of rotatable bonds is 1. The van der Waals surface area contributed by atoms with Crippen molar-refractivity contribution in [1.29, 1.82) is 10.5 Å². The van der Waals surface area contributed by atoms with Gasteiger partial charge in [0.25, 0.3) is 0 Å². The topological polar surface area (TPSA) is 78.3 Å². The highest BCUT2D eigenvalue weighted by Gasteiger charge is 2.06. The number of imidazole rings is 1. The van der Waals surface area contributed by atoms with E-state index in [0.717, 1.165) is 5.69 Å². The molecule has 0 fully saturated rings. The molecule has 0 aromatic carbocycles. The monoisotopic (exact) mass is 209 g/mol. The summed E-state index contributed by atoms with van der Waals surface area (Å²) in [6.45, 7) is 1.80. The van der Waals surface area contributed by atoms with Gasteiger partial charge in [-0.05, 0) is 19.1 Å². The van der Waals surface area contributed by atoms with Crippen LogP contribution in [0, 0.1) is 29.6 Å². The summed E-state index contributed by atoms with van der Waals surface area (Å²) in [5.74, 6) is 0.785. The molecule has 2 aromatic rings. The first-order chi connectivity index (χ1) is 7.74. The summed E-state index contributed by atoms with van der Waals surface area (Å²) >= 11 is 0. The Morgan fingerprint density at radius 1 is 1.25 bits per heavy atom. The highest BCUT2D eigenvalue weighted by atomic mass is 15.1. The molecule has 5 nitrogen and oxygen atoms in total. The van der Waals surface area contributed by atoms with Crippen LogP contribution < -0.4 is 0 Å². The van der Waals surface area contributed by atoms with Crippen LogP contribution in [-0.2, 0) is 0 Å². The fourth-order valence-corrected chi connectivity index (χ4v) is 1.41. The fourth-order valence-electron chi connectivity index (χ4n) is 1.41. The molecule has 0 radical (unpaired) electrons. The zero-order valence-corrected chi connectivity index (χ0v) is 8.55. The lowest BCUT2D eigenvalue weighted by Crippen LogP contribution is -2.01. The van der Waals surface area contributed by atoms with Crippen molar-refractivity contribution in [3.05, 3.63) is 41.6 Å². The number of hydrogen-bond donors (Lipinski definition) is 0. The van der Waals surface area contributed by atoms with Crippen molar-refractivity contribution in [3.8, 4) is 18.0 Å². The maximum Gasteiger partial charge on any atom is 0.218 e. The first-order valence-electron chi connectivity index (χ1n) is 4.57. The predicted octanol–water partition coefficient (Wildman–Crippen LogP) is 1.32. The van der Waals surface area contributed by atoms with Gasteiger partial charge in [-0.1, -0.05) is 0 Å². The number of hydrogen-bond acceptors (Lipinski definition) is 4. The third-order valence-corrected chi connectivity index (χ3v) is 2.06. The summed E-state index contributed by atoms with van der Waals surface area (Å²) in [7, 11) is 0. The second-order valence-electron chi connectivity index (χ2n) is 3.20. The summed E-state index contributed by atoms with van der Waals surface area (Å²) in [6.07, 6.45) is 3.16. The molecular formula is C11H7N5. The molecule has 0 N–H and O–H groups in total. The largest absolute Gasteiger partial charge is 0.275 e. The van der Waals surface area contributed by atoms with Gasteiger partial charge in [0.2, 0.25) is 5.82 Å². The zero-order valence-electron chi connectivity index (χ0n) is 8.55. The van der Waals surface area contributed by atoms with Gasteiger partial charge in [0.05, 0.1) is 11.6 Å². The maximum absolute atomic E-state index is 8.84. The molecule has 0 unspecified atom stereocenters. The Bertz CT molecular complexity index is 612. The van der Waals surface area contributed by atoms with Crippen LogP contribution in [0.4, 0.5) is 0 Å². The molecule has 2 aromatic heterocycles. The van der Waals surface area contributed by atoms with E-state index in [4.69, 9.17) is 10.5 Å². The molecule has 0 aliphatic heterocycles. The minimum absolute atomic E-state index is 0.252. The van der Waals surface area contributed by atoms with E-state index >= 15 is 0 Å². The highest BCUT2D eigenvalue weighted by Crippen LogP contribution is 2.11. The minimum atomic E-state index is 0.252. The van der Waals surface area contributed by atoms with Crippen molar-refractivity contribution in [2.45, 2.75) is 6.92 Å². The number of aromatic nitrogens is 3. The Morgan fingerprint density at radius 3 is 2.75 bits per heavy atom. The van der Waals surface area contributed by atoms with E-state index in [1.165, 1.54) is 6.20 Å². The van der Waals surface area contributed by atoms with Crippen molar-refractivity contribution in [1.82, 2.24) is 14.5 Å². The van der Waals surface area contributed by atoms with Crippen molar-refractivity contribution in [2.24, 2.45) is 0 Å². The highest BCUT2D eigenvalue weighted by molar-refractivity contribution is 5.39. The molecule has 0 spiro atoms. The van der Waals surface area contributed by atoms with Gasteiger partial charge in [-0.3, -0.25) is 4.57 Å². The molecule has 5 heteroatoms. The van der Waals surface area contributed by atoms with Crippen LogP contribution in [0.15, 0.2) is 24.5 Å². The van der Waals surface area contributed by atoms with Gasteiger partial charge in [-0.15, -0.1) is 0 Å². The second-order valence-corrected chi connectivity index (χ2v) is 3.20. The van der Waals surface area contributed by atoms with Crippen molar-refractivity contribution in [2.75, 3.05) is 0 Å². The van der Waals surface area contributed by atoms with E-state index in [1.54, 1.807) is 29.8 Å². The molecule has 0 bridgehead atoms. The summed E-state index contributed by atoms with van der Waals surface area (Å²) in [5.41, 5.74) is 1.24. The van der Waals surface area contributed by atoms with Crippen LogP contribution in [0.2, 0.25) is 0 Å². The van der Waals surface area contributed by atoms with Gasteiger partial charge in [0.1, 0.15) is 11.9 Å². The van der Waals surface area contributed by atoms with Gasteiger partial charge >= 0.3 is 0 Å². The molecule has 76 valence electrons. The quantitative estimate of drug-likeness (QED) is 0.709. The summed E-state index contributed by atoms with van der Waals surface area (Å²) in [4.78, 5) is 8.13. The molecule has 2 heterocycles. The van der Waals surface area contributed by atoms with Crippen LogP contribution in [0.3, 0.4) is 0 Å². The molecule has 0 aliphatic rings. The summed E-state index contributed by atoms with van der Waals surface area (Å²) in [5, 5.41) is 17.7. The third-order valence-electron chi connectivity index (χ3n) is 2.06. The van der Waals surface area contributed by atoms with Crippen molar-refractivity contribution >= 4 is 0 Å². The summed E-state index contributed by atoms with van der Waals surface area (Å²) in [6, 6.07) is 7.32. The van der Waals surface area contributed by atoms with E-state index < -0.39 is 0 Å². The lowest BCUT2D eigenvalue weighted by Gasteiger charge is -2.04. The lowest BCUT2D eigenvalue weighted by molar-refractivity contribution is 0.951. The second kappa shape index (κ2) is 3.84. The normalized spacial score (nSPS) is 9.44. The smallest absolute Gasteiger partial charge is 0.218 e. The predicted molar refractivity (Wildman–Crippen MR) is 55.5 cm³/mol.